The molecule has 17 heavy (non-hydrogen) atoms. The summed E-state index contributed by atoms with van der Waals surface area (Å²) in [4.78, 5) is 2.31. The van der Waals surface area contributed by atoms with E-state index in [1.54, 1.807) is 6.07 Å². The van der Waals surface area contributed by atoms with E-state index in [9.17, 15) is 0 Å². The summed E-state index contributed by atoms with van der Waals surface area (Å²) >= 11 is 3.38. The van der Waals surface area contributed by atoms with Gasteiger partial charge in [0.25, 0.3) is 0 Å². The first-order valence-electron chi connectivity index (χ1n) is 5.73. The van der Waals surface area contributed by atoms with Crippen LogP contribution in [0.5, 0.6) is 5.75 Å². The van der Waals surface area contributed by atoms with Gasteiger partial charge < -0.3 is 9.64 Å². The van der Waals surface area contributed by atoms with Gasteiger partial charge in [-0.15, -0.1) is 0 Å². The maximum absolute atomic E-state index is 8.96. The Labute approximate surface area is 110 Å². The van der Waals surface area contributed by atoms with Gasteiger partial charge in [0.05, 0.1) is 5.56 Å². The van der Waals surface area contributed by atoms with E-state index < -0.39 is 0 Å². The normalized spacial score (nSPS) is 14.7. The Morgan fingerprint density at radius 1 is 1.53 bits per heavy atom. The maximum Gasteiger partial charge on any atom is 0.138 e. The summed E-state index contributed by atoms with van der Waals surface area (Å²) in [5.41, 5.74) is 0.585. The van der Waals surface area contributed by atoms with Gasteiger partial charge in [-0.25, -0.2) is 0 Å². The van der Waals surface area contributed by atoms with E-state index in [0.29, 0.717) is 17.9 Å². The number of rotatable bonds is 5. The van der Waals surface area contributed by atoms with E-state index in [0.717, 1.165) is 17.1 Å². The molecule has 0 amide bonds. The molecule has 0 spiro atoms. The van der Waals surface area contributed by atoms with Gasteiger partial charge in [-0.3, -0.25) is 0 Å². The average Bonchev–Trinajstić information content (AvgIpc) is 3.13. The average molecular weight is 295 g/mol. The van der Waals surface area contributed by atoms with Gasteiger partial charge in [-0.05, 0) is 38.1 Å². The van der Waals surface area contributed by atoms with Gasteiger partial charge in [0.15, 0.2) is 0 Å². The van der Waals surface area contributed by atoms with E-state index in [2.05, 4.69) is 33.9 Å². The summed E-state index contributed by atoms with van der Waals surface area (Å²) in [6.45, 7) is 1.53. The fraction of sp³-hybridized carbons (Fsp3) is 0.462. The van der Waals surface area contributed by atoms with E-state index in [-0.39, 0.29) is 0 Å². The summed E-state index contributed by atoms with van der Waals surface area (Å²) < 4.78 is 6.60. The molecule has 1 saturated carbocycles. The summed E-state index contributed by atoms with van der Waals surface area (Å²) in [6.07, 6.45) is 2.60. The van der Waals surface area contributed by atoms with E-state index in [4.69, 9.17) is 10.00 Å². The van der Waals surface area contributed by atoms with Crippen LogP contribution in [0, 0.1) is 11.3 Å². The highest BCUT2D eigenvalue weighted by atomic mass is 79.9. The number of halogens is 1. The Morgan fingerprint density at radius 3 is 2.94 bits per heavy atom. The first-order valence-corrected chi connectivity index (χ1v) is 6.52. The van der Waals surface area contributed by atoms with Crippen LogP contribution < -0.4 is 4.74 Å². The van der Waals surface area contributed by atoms with Crippen molar-refractivity contribution in [2.75, 3.05) is 20.2 Å². The Hall–Kier alpha value is -1.05. The summed E-state index contributed by atoms with van der Waals surface area (Å²) in [5.74, 6) is 0.658. The number of nitriles is 1. The third kappa shape index (κ3) is 3.45. The molecule has 0 bridgehead atoms. The van der Waals surface area contributed by atoms with Crippen molar-refractivity contribution >= 4 is 15.9 Å². The standard InChI is InChI=1S/C13H15BrN2O/c1-16(12-4-5-12)6-7-17-13-8-11(14)3-2-10(13)9-15/h2-3,8,12H,4-7H2,1H3. The molecule has 0 unspecified atom stereocenters. The molecule has 1 aromatic carbocycles. The van der Waals surface area contributed by atoms with Gasteiger partial charge in [-0.2, -0.15) is 5.26 Å². The van der Waals surface area contributed by atoms with Crippen molar-refractivity contribution in [3.63, 3.8) is 0 Å². The summed E-state index contributed by atoms with van der Waals surface area (Å²) in [6, 6.07) is 8.34. The van der Waals surface area contributed by atoms with Crippen LogP contribution in [0.15, 0.2) is 22.7 Å². The van der Waals surface area contributed by atoms with Crippen molar-refractivity contribution in [1.82, 2.24) is 4.90 Å². The van der Waals surface area contributed by atoms with Crippen LogP contribution >= 0.6 is 15.9 Å². The first kappa shape index (κ1) is 12.4. The molecule has 4 heteroatoms. The lowest BCUT2D eigenvalue weighted by Gasteiger charge is -2.16. The molecule has 0 aromatic heterocycles. The van der Waals surface area contributed by atoms with Crippen LogP contribution in [0.4, 0.5) is 0 Å². The summed E-state index contributed by atoms with van der Waals surface area (Å²) in [5, 5.41) is 8.96. The molecule has 0 heterocycles. The predicted molar refractivity (Wildman–Crippen MR) is 70.0 cm³/mol. The Bertz CT molecular complexity index is 438. The molecular formula is C13H15BrN2O. The molecule has 0 saturated heterocycles. The number of hydrogen-bond donors (Lipinski definition) is 0. The van der Waals surface area contributed by atoms with Crippen molar-refractivity contribution in [3.05, 3.63) is 28.2 Å². The van der Waals surface area contributed by atoms with Gasteiger partial charge in [0.1, 0.15) is 18.4 Å². The minimum atomic E-state index is 0.585. The number of nitrogens with zero attached hydrogens (tertiary/aromatic N) is 2. The maximum atomic E-state index is 8.96. The van der Waals surface area contributed by atoms with Crippen LogP contribution in [0.3, 0.4) is 0 Å². The topological polar surface area (TPSA) is 36.3 Å². The molecule has 3 nitrogen and oxygen atoms in total. The molecular weight excluding hydrogens is 280 g/mol. The number of benzene rings is 1. The molecule has 2 rings (SSSR count). The number of ether oxygens (including phenoxy) is 1. The lowest BCUT2D eigenvalue weighted by Crippen LogP contribution is -2.26. The minimum Gasteiger partial charge on any atom is -0.491 e. The zero-order valence-electron chi connectivity index (χ0n) is 9.82. The van der Waals surface area contributed by atoms with Crippen molar-refractivity contribution in [3.8, 4) is 11.8 Å². The quantitative estimate of drug-likeness (QED) is 0.838. The smallest absolute Gasteiger partial charge is 0.138 e. The third-order valence-electron chi connectivity index (χ3n) is 2.94. The number of hydrogen-bond acceptors (Lipinski definition) is 3. The zero-order chi connectivity index (χ0) is 12.3. The van der Waals surface area contributed by atoms with Crippen molar-refractivity contribution in [2.45, 2.75) is 18.9 Å². The second-order valence-corrected chi connectivity index (χ2v) is 5.23. The molecule has 1 fully saturated rings. The van der Waals surface area contributed by atoms with Crippen molar-refractivity contribution in [1.29, 1.82) is 5.26 Å². The molecule has 1 aliphatic rings. The lowest BCUT2D eigenvalue weighted by atomic mass is 10.2. The monoisotopic (exact) mass is 294 g/mol. The van der Waals surface area contributed by atoms with Crippen LogP contribution in [0.2, 0.25) is 0 Å². The van der Waals surface area contributed by atoms with Crippen molar-refractivity contribution in [2.24, 2.45) is 0 Å². The van der Waals surface area contributed by atoms with Crippen LogP contribution in [-0.4, -0.2) is 31.1 Å². The Kier molecular flexibility index (Phi) is 4.03. The fourth-order valence-electron chi connectivity index (χ4n) is 1.71. The fourth-order valence-corrected chi connectivity index (χ4v) is 2.05. The van der Waals surface area contributed by atoms with Crippen molar-refractivity contribution < 1.29 is 4.74 Å². The molecule has 0 radical (unpaired) electrons. The minimum absolute atomic E-state index is 0.585. The van der Waals surface area contributed by atoms with E-state index in [1.807, 2.05) is 12.1 Å². The Morgan fingerprint density at radius 2 is 2.29 bits per heavy atom. The lowest BCUT2D eigenvalue weighted by molar-refractivity contribution is 0.231. The second-order valence-electron chi connectivity index (χ2n) is 4.31. The van der Waals surface area contributed by atoms with Gasteiger partial charge in [0.2, 0.25) is 0 Å². The third-order valence-corrected chi connectivity index (χ3v) is 3.43. The van der Waals surface area contributed by atoms with Gasteiger partial charge >= 0.3 is 0 Å². The molecule has 0 atom stereocenters. The largest absolute Gasteiger partial charge is 0.491 e. The molecule has 0 N–H and O–H groups in total. The van der Waals surface area contributed by atoms with Crippen LogP contribution in [-0.2, 0) is 0 Å². The Balaban J connectivity index is 1.89. The van der Waals surface area contributed by atoms with E-state index in [1.165, 1.54) is 12.8 Å². The predicted octanol–water partition coefficient (Wildman–Crippen LogP) is 2.79. The summed E-state index contributed by atoms with van der Waals surface area (Å²) in [7, 11) is 2.12. The highest BCUT2D eigenvalue weighted by Crippen LogP contribution is 2.26. The van der Waals surface area contributed by atoms with E-state index >= 15 is 0 Å². The highest BCUT2D eigenvalue weighted by molar-refractivity contribution is 9.10. The van der Waals surface area contributed by atoms with Crippen LogP contribution in [0.25, 0.3) is 0 Å². The SMILES string of the molecule is CN(CCOc1cc(Br)ccc1C#N)C1CC1. The first-order chi connectivity index (χ1) is 8.20. The number of likely N-dealkylation sites (N-methyl/N-ethyl adjacent to an activating group) is 1. The van der Waals surface area contributed by atoms with Gasteiger partial charge in [0, 0.05) is 17.1 Å². The molecule has 0 aliphatic heterocycles. The zero-order valence-corrected chi connectivity index (χ0v) is 11.4. The highest BCUT2D eigenvalue weighted by Gasteiger charge is 2.25. The molecule has 90 valence electrons. The van der Waals surface area contributed by atoms with Crippen LogP contribution in [0.1, 0.15) is 18.4 Å². The molecule has 1 aromatic rings. The second kappa shape index (κ2) is 5.52. The van der Waals surface area contributed by atoms with Gasteiger partial charge in [-0.1, -0.05) is 15.9 Å². The molecule has 1 aliphatic carbocycles.